The van der Waals surface area contributed by atoms with Gasteiger partial charge < -0.3 is 37.9 Å². The molecule has 4 atom stereocenters. The highest BCUT2D eigenvalue weighted by molar-refractivity contribution is 5.82. The predicted octanol–water partition coefficient (Wildman–Crippen LogP) is 2.03. The second-order valence-electron chi connectivity index (χ2n) is 8.84. The summed E-state index contributed by atoms with van der Waals surface area (Å²) in [7, 11) is 0. The molecule has 0 aromatic rings. The van der Waals surface area contributed by atoms with Gasteiger partial charge in [0.05, 0.1) is 26.4 Å². The van der Waals surface area contributed by atoms with Gasteiger partial charge in [0.25, 0.3) is 0 Å². The van der Waals surface area contributed by atoms with Crippen molar-refractivity contribution in [2.45, 2.75) is 58.3 Å². The quantitative estimate of drug-likeness (QED) is 0.0395. The first-order valence-electron chi connectivity index (χ1n) is 13.6. The molecule has 256 valence electrons. The summed E-state index contributed by atoms with van der Waals surface area (Å²) in [6.07, 6.45) is -1.01. The molecule has 0 heterocycles. The Morgan fingerprint density at radius 2 is 0.667 bits per heavy atom. The second kappa shape index (κ2) is 24.8. The Labute approximate surface area is 262 Å². The molecule has 0 aromatic carbocycles. The zero-order valence-electron chi connectivity index (χ0n) is 26.1. The van der Waals surface area contributed by atoms with E-state index < -0.39 is 81.6 Å². The molecule has 0 aromatic heterocycles. The Morgan fingerprint density at radius 1 is 0.467 bits per heavy atom. The number of hydrogen-bond acceptors (Lipinski definition) is 16. The molecule has 0 bridgehead atoms. The van der Waals surface area contributed by atoms with E-state index in [-0.39, 0.29) is 26.4 Å². The van der Waals surface area contributed by atoms with Crippen LogP contribution in [-0.2, 0) is 76.0 Å². The van der Waals surface area contributed by atoms with Gasteiger partial charge >= 0.3 is 30.0 Å². The first-order chi connectivity index (χ1) is 21.4. The molecule has 16 heteroatoms. The average Bonchev–Trinajstić information content (AvgIpc) is 3.01. The number of carbonyl (C=O) groups is 4. The maximum Gasteiger partial charge on any atom is 0.420 e. The molecular weight excluding hydrogens is 604 g/mol. The highest BCUT2D eigenvalue weighted by Gasteiger charge is 2.37. The monoisotopic (exact) mass is 648 g/mol. The van der Waals surface area contributed by atoms with E-state index >= 15 is 0 Å². The molecular formula is C29H44O16. The van der Waals surface area contributed by atoms with E-state index in [1.807, 2.05) is 0 Å². The van der Waals surface area contributed by atoms with Crippen LogP contribution in [0.4, 0.5) is 0 Å². The van der Waals surface area contributed by atoms with Crippen molar-refractivity contribution < 1.29 is 76.0 Å². The first kappa shape index (κ1) is 41.5. The van der Waals surface area contributed by atoms with Crippen LogP contribution in [0.1, 0.15) is 27.7 Å². The van der Waals surface area contributed by atoms with E-state index in [1.165, 1.54) is 0 Å². The van der Waals surface area contributed by atoms with Gasteiger partial charge in [-0.3, -0.25) is 18.9 Å². The van der Waals surface area contributed by atoms with Crippen molar-refractivity contribution in [3.8, 4) is 0 Å². The zero-order valence-corrected chi connectivity index (χ0v) is 26.1. The summed E-state index contributed by atoms with van der Waals surface area (Å²) < 4.78 is 64.1. The van der Waals surface area contributed by atoms with Crippen LogP contribution < -0.4 is 0 Å². The van der Waals surface area contributed by atoms with Crippen molar-refractivity contribution in [3.63, 3.8) is 0 Å². The largest absolute Gasteiger partial charge is 0.457 e. The van der Waals surface area contributed by atoms with Crippen LogP contribution in [0.3, 0.4) is 0 Å². The van der Waals surface area contributed by atoms with Crippen molar-refractivity contribution in [2.24, 2.45) is 0 Å². The van der Waals surface area contributed by atoms with E-state index in [2.05, 4.69) is 26.3 Å². The van der Waals surface area contributed by atoms with Crippen LogP contribution in [0.15, 0.2) is 50.6 Å². The molecule has 0 saturated carbocycles. The third-order valence-corrected chi connectivity index (χ3v) is 4.62. The number of esters is 4. The van der Waals surface area contributed by atoms with Crippen molar-refractivity contribution in [1.82, 2.24) is 0 Å². The van der Waals surface area contributed by atoms with Crippen LogP contribution in [0.5, 0.6) is 0 Å². The fourth-order valence-corrected chi connectivity index (χ4v) is 2.68. The first-order valence-corrected chi connectivity index (χ1v) is 13.6. The van der Waals surface area contributed by atoms with Gasteiger partial charge in [-0.15, -0.1) is 0 Å². The van der Waals surface area contributed by atoms with Crippen molar-refractivity contribution >= 4 is 23.9 Å². The molecule has 16 nitrogen and oxygen atoms in total. The molecule has 0 rings (SSSR count). The molecule has 0 radical (unpaired) electrons. The van der Waals surface area contributed by atoms with Crippen LogP contribution in [0.25, 0.3) is 0 Å². The van der Waals surface area contributed by atoms with Crippen LogP contribution in [0.2, 0.25) is 0 Å². The fraction of sp³-hybridized carbons (Fsp3) is 0.586. The van der Waals surface area contributed by atoms with Gasteiger partial charge in [-0.1, -0.05) is 26.3 Å². The number of ether oxygens (including phenoxy) is 12. The summed E-state index contributed by atoms with van der Waals surface area (Å²) in [6.45, 7) is 17.1. The van der Waals surface area contributed by atoms with Crippen molar-refractivity contribution in [2.75, 3.05) is 53.6 Å². The van der Waals surface area contributed by atoms with E-state index in [4.69, 9.17) is 56.8 Å². The van der Waals surface area contributed by atoms with Crippen LogP contribution in [-0.4, -0.2) is 108 Å². The Morgan fingerprint density at radius 3 is 0.844 bits per heavy atom. The third kappa shape index (κ3) is 21.8. The lowest BCUT2D eigenvalue weighted by Crippen LogP contribution is -2.45. The topological polar surface area (TPSA) is 179 Å². The second-order valence-corrected chi connectivity index (χ2v) is 8.84. The van der Waals surface area contributed by atoms with Crippen LogP contribution >= 0.6 is 0 Å². The highest BCUT2D eigenvalue weighted by atomic mass is 17.1. The lowest BCUT2D eigenvalue weighted by molar-refractivity contribution is -0.536. The summed E-state index contributed by atoms with van der Waals surface area (Å²) in [5.41, 5.74) is 0. The summed E-state index contributed by atoms with van der Waals surface area (Å²) in [5, 5.41) is 0. The average molecular weight is 649 g/mol. The number of rotatable bonds is 28. The van der Waals surface area contributed by atoms with E-state index in [9.17, 15) is 19.2 Å². The van der Waals surface area contributed by atoms with Gasteiger partial charge in [0, 0.05) is 24.3 Å². The Kier molecular flexibility index (Phi) is 22.9. The van der Waals surface area contributed by atoms with Gasteiger partial charge in [0.2, 0.25) is 0 Å². The van der Waals surface area contributed by atoms with Gasteiger partial charge in [0.1, 0.15) is 24.4 Å². The number of carbonyl (C=O) groups excluding carboxylic acids is 4. The Bertz CT molecular complexity index is 786. The minimum atomic E-state index is -2.38. The standard InChI is InChI=1S/C29H44O16/c1-9-25(30)42-21(5)13-34-17-38-29(39-18-35-14-22(6)43-26(31)10-2,40-19-36-15-23(7)44-27(32)11-3)41-20-37-16-24(8)45-28(33)12-4/h9-12,21-24H,1-4,13-20H2,5-8H3. The molecule has 0 aliphatic carbocycles. The number of hydrogen-bond donors (Lipinski definition) is 0. The molecule has 0 fully saturated rings. The third-order valence-electron chi connectivity index (χ3n) is 4.62. The lowest BCUT2D eigenvalue weighted by Gasteiger charge is -2.32. The normalized spacial score (nSPS) is 14.8. The summed E-state index contributed by atoms with van der Waals surface area (Å²) >= 11 is 0. The molecule has 0 aliphatic heterocycles. The molecule has 0 spiro atoms. The van der Waals surface area contributed by atoms with Gasteiger partial charge in [-0.05, 0) is 27.7 Å². The maximum atomic E-state index is 11.4. The maximum absolute atomic E-state index is 11.4. The predicted molar refractivity (Wildman–Crippen MR) is 153 cm³/mol. The molecule has 45 heavy (non-hydrogen) atoms. The summed E-state index contributed by atoms with van der Waals surface area (Å²) in [6, 6.07) is 0. The Balaban J connectivity index is 5.50. The van der Waals surface area contributed by atoms with Gasteiger partial charge in [-0.25, -0.2) is 19.2 Å². The lowest BCUT2D eigenvalue weighted by atomic mass is 10.4. The molecule has 0 N–H and O–H groups in total. The van der Waals surface area contributed by atoms with Crippen molar-refractivity contribution in [3.05, 3.63) is 50.6 Å². The molecule has 0 saturated heterocycles. The highest BCUT2D eigenvalue weighted by Crippen LogP contribution is 2.19. The molecule has 0 amide bonds. The van der Waals surface area contributed by atoms with Crippen molar-refractivity contribution in [1.29, 1.82) is 0 Å². The SMILES string of the molecule is C=CC(=O)OC(C)COCOC(OCOCC(C)OC(=O)C=C)(OCOCC(C)OC(=O)C=C)OCOCC(C)OC(=O)C=C. The van der Waals surface area contributed by atoms with E-state index in [1.54, 1.807) is 27.7 Å². The summed E-state index contributed by atoms with van der Waals surface area (Å²) in [5.74, 6) is -2.57. The smallest absolute Gasteiger partial charge is 0.420 e. The van der Waals surface area contributed by atoms with Crippen LogP contribution in [0, 0.1) is 0 Å². The molecule has 4 unspecified atom stereocenters. The van der Waals surface area contributed by atoms with E-state index in [0.717, 1.165) is 24.3 Å². The van der Waals surface area contributed by atoms with Gasteiger partial charge in [-0.2, -0.15) is 0 Å². The van der Waals surface area contributed by atoms with Gasteiger partial charge in [0.15, 0.2) is 27.2 Å². The Hall–Kier alpha value is -3.48. The minimum absolute atomic E-state index is 0.0935. The molecule has 0 aliphatic rings. The summed E-state index contributed by atoms with van der Waals surface area (Å²) in [4.78, 5) is 45.6. The fourth-order valence-electron chi connectivity index (χ4n) is 2.68. The zero-order chi connectivity index (χ0) is 34.1. The minimum Gasteiger partial charge on any atom is -0.457 e. The van der Waals surface area contributed by atoms with E-state index in [0.29, 0.717) is 0 Å².